The van der Waals surface area contributed by atoms with Gasteiger partial charge in [-0.05, 0) is 34.6 Å². The van der Waals surface area contributed by atoms with E-state index in [1.807, 2.05) is 50.2 Å². The maximum atomic E-state index is 12.6. The standard InChI is InChI=1S/C25H30N2O6/c1-15(2)13-21(23(29)26-12-11-22(28)24(30)31)27-25(32)33-14-20-18-9-5-3-7-16(18)17-8-4-6-10-19(17)20/h3-10,15,20-22,28H,11-14H2,1-2H3,(H,26,29)(H,27,32)(H,30,31). The highest BCUT2D eigenvalue weighted by molar-refractivity contribution is 5.85. The fourth-order valence-corrected chi connectivity index (χ4v) is 4.06. The summed E-state index contributed by atoms with van der Waals surface area (Å²) in [4.78, 5) is 35.8. The highest BCUT2D eigenvalue weighted by Gasteiger charge is 2.30. The van der Waals surface area contributed by atoms with E-state index in [0.717, 1.165) is 22.3 Å². The lowest BCUT2D eigenvalue weighted by Gasteiger charge is -2.21. The number of ether oxygens (including phenoxy) is 1. The van der Waals surface area contributed by atoms with Crippen molar-refractivity contribution in [3.05, 3.63) is 59.7 Å². The van der Waals surface area contributed by atoms with Crippen LogP contribution >= 0.6 is 0 Å². The molecule has 0 spiro atoms. The SMILES string of the molecule is CC(C)CC(NC(=O)OCC1c2ccccc2-c2ccccc21)C(=O)NCCC(O)C(=O)O. The lowest BCUT2D eigenvalue weighted by Crippen LogP contribution is -2.48. The zero-order valence-corrected chi connectivity index (χ0v) is 18.8. The van der Waals surface area contributed by atoms with Crippen LogP contribution in [-0.4, -0.2) is 53.5 Å². The molecule has 1 aliphatic rings. The zero-order valence-electron chi connectivity index (χ0n) is 18.8. The average Bonchev–Trinajstić information content (AvgIpc) is 3.10. The van der Waals surface area contributed by atoms with E-state index in [-0.39, 0.29) is 31.4 Å². The van der Waals surface area contributed by atoms with Gasteiger partial charge in [-0.15, -0.1) is 0 Å². The summed E-state index contributed by atoms with van der Waals surface area (Å²) in [6.45, 7) is 3.97. The van der Waals surface area contributed by atoms with E-state index in [1.54, 1.807) is 0 Å². The number of benzene rings is 2. The Balaban J connectivity index is 1.59. The summed E-state index contributed by atoms with van der Waals surface area (Å²) in [7, 11) is 0. The molecule has 33 heavy (non-hydrogen) atoms. The van der Waals surface area contributed by atoms with Crippen LogP contribution < -0.4 is 10.6 Å². The molecule has 2 aromatic carbocycles. The Morgan fingerprint density at radius 2 is 1.58 bits per heavy atom. The smallest absolute Gasteiger partial charge is 0.407 e. The third kappa shape index (κ3) is 6.10. The Kier molecular flexibility index (Phi) is 8.06. The van der Waals surface area contributed by atoms with E-state index in [0.29, 0.717) is 6.42 Å². The number of alkyl carbamates (subject to hydrolysis) is 1. The number of carbonyl (C=O) groups is 3. The van der Waals surface area contributed by atoms with Gasteiger partial charge in [-0.2, -0.15) is 0 Å². The van der Waals surface area contributed by atoms with Gasteiger partial charge in [0.2, 0.25) is 5.91 Å². The van der Waals surface area contributed by atoms with Crippen molar-refractivity contribution in [2.45, 2.75) is 44.8 Å². The molecule has 0 bridgehead atoms. The van der Waals surface area contributed by atoms with Gasteiger partial charge in [-0.1, -0.05) is 62.4 Å². The van der Waals surface area contributed by atoms with Gasteiger partial charge in [-0.25, -0.2) is 9.59 Å². The first kappa shape index (κ1) is 24.3. The quantitative estimate of drug-likeness (QED) is 0.438. The molecule has 8 heteroatoms. The lowest BCUT2D eigenvalue weighted by atomic mass is 9.98. The molecule has 2 amide bonds. The minimum atomic E-state index is -1.55. The summed E-state index contributed by atoms with van der Waals surface area (Å²) >= 11 is 0. The first-order valence-corrected chi connectivity index (χ1v) is 11.1. The lowest BCUT2D eigenvalue weighted by molar-refractivity contribution is -0.147. The molecule has 176 valence electrons. The van der Waals surface area contributed by atoms with Crippen LogP contribution in [-0.2, 0) is 14.3 Å². The van der Waals surface area contributed by atoms with E-state index in [1.165, 1.54) is 0 Å². The van der Waals surface area contributed by atoms with Gasteiger partial charge >= 0.3 is 12.1 Å². The number of aliphatic hydroxyl groups is 1. The molecule has 0 saturated carbocycles. The molecule has 1 aliphatic carbocycles. The second-order valence-corrected chi connectivity index (χ2v) is 8.59. The van der Waals surface area contributed by atoms with E-state index in [9.17, 15) is 19.5 Å². The summed E-state index contributed by atoms with van der Waals surface area (Å²) in [6, 6.07) is 15.2. The third-order valence-corrected chi connectivity index (χ3v) is 5.66. The Morgan fingerprint density at radius 3 is 2.12 bits per heavy atom. The molecular weight excluding hydrogens is 424 g/mol. The number of carboxylic acid groups (broad SMARTS) is 1. The predicted octanol–water partition coefficient (Wildman–Crippen LogP) is 2.89. The van der Waals surface area contributed by atoms with Gasteiger partial charge in [0.05, 0.1) is 0 Å². The number of aliphatic carboxylic acids is 1. The van der Waals surface area contributed by atoms with Crippen LogP contribution in [0.3, 0.4) is 0 Å². The molecule has 2 unspecified atom stereocenters. The molecule has 8 nitrogen and oxygen atoms in total. The third-order valence-electron chi connectivity index (χ3n) is 5.66. The fraction of sp³-hybridized carbons (Fsp3) is 0.400. The summed E-state index contributed by atoms with van der Waals surface area (Å²) < 4.78 is 5.53. The summed E-state index contributed by atoms with van der Waals surface area (Å²) in [5, 5.41) is 23.3. The Hall–Kier alpha value is -3.39. The fourth-order valence-electron chi connectivity index (χ4n) is 4.06. The molecule has 0 heterocycles. The van der Waals surface area contributed by atoms with Crippen LogP contribution in [0.15, 0.2) is 48.5 Å². The first-order chi connectivity index (χ1) is 15.8. The minimum absolute atomic E-state index is 0.0206. The number of aliphatic hydroxyl groups excluding tert-OH is 1. The topological polar surface area (TPSA) is 125 Å². The number of nitrogens with one attached hydrogen (secondary N) is 2. The van der Waals surface area contributed by atoms with Gasteiger partial charge in [-0.3, -0.25) is 4.79 Å². The highest BCUT2D eigenvalue weighted by atomic mass is 16.5. The number of carbonyl (C=O) groups excluding carboxylic acids is 2. The van der Waals surface area contributed by atoms with E-state index in [4.69, 9.17) is 9.84 Å². The molecule has 0 aromatic heterocycles. The summed E-state index contributed by atoms with van der Waals surface area (Å²) in [6.07, 6.45) is -1.98. The van der Waals surface area contributed by atoms with Crippen molar-refractivity contribution in [3.8, 4) is 11.1 Å². The van der Waals surface area contributed by atoms with Crippen molar-refractivity contribution in [2.75, 3.05) is 13.2 Å². The Labute approximate surface area is 193 Å². The largest absolute Gasteiger partial charge is 0.479 e. The number of hydrogen-bond donors (Lipinski definition) is 4. The van der Waals surface area contributed by atoms with Crippen LogP contribution in [0, 0.1) is 5.92 Å². The molecular formula is C25H30N2O6. The number of amides is 2. The van der Waals surface area contributed by atoms with Gasteiger partial charge in [0, 0.05) is 18.9 Å². The number of carboxylic acids is 1. The molecule has 2 atom stereocenters. The first-order valence-electron chi connectivity index (χ1n) is 11.1. The van der Waals surface area contributed by atoms with Crippen molar-refractivity contribution in [1.82, 2.24) is 10.6 Å². The van der Waals surface area contributed by atoms with Gasteiger partial charge in [0.15, 0.2) is 6.10 Å². The van der Waals surface area contributed by atoms with Crippen LogP contribution in [0.2, 0.25) is 0 Å². The number of rotatable bonds is 10. The molecule has 0 fully saturated rings. The van der Waals surface area contributed by atoms with Crippen LogP contribution in [0.4, 0.5) is 4.79 Å². The van der Waals surface area contributed by atoms with Crippen LogP contribution in [0.25, 0.3) is 11.1 Å². The van der Waals surface area contributed by atoms with Gasteiger partial charge in [0.1, 0.15) is 12.6 Å². The van der Waals surface area contributed by atoms with Crippen molar-refractivity contribution < 1.29 is 29.3 Å². The van der Waals surface area contributed by atoms with Crippen molar-refractivity contribution in [3.63, 3.8) is 0 Å². The molecule has 0 radical (unpaired) electrons. The van der Waals surface area contributed by atoms with E-state index in [2.05, 4.69) is 22.8 Å². The van der Waals surface area contributed by atoms with Crippen molar-refractivity contribution in [2.24, 2.45) is 5.92 Å². The molecule has 0 aliphatic heterocycles. The van der Waals surface area contributed by atoms with Crippen molar-refractivity contribution >= 4 is 18.0 Å². The van der Waals surface area contributed by atoms with Crippen LogP contribution in [0.1, 0.15) is 43.7 Å². The number of fused-ring (bicyclic) bond motifs is 3. The van der Waals surface area contributed by atoms with Crippen molar-refractivity contribution in [1.29, 1.82) is 0 Å². The van der Waals surface area contributed by atoms with Gasteiger partial charge in [0.25, 0.3) is 0 Å². The zero-order chi connectivity index (χ0) is 24.0. The molecule has 0 saturated heterocycles. The normalized spacial score (nSPS) is 14.2. The second-order valence-electron chi connectivity index (χ2n) is 8.59. The summed E-state index contributed by atoms with van der Waals surface area (Å²) in [5.41, 5.74) is 4.45. The monoisotopic (exact) mass is 454 g/mol. The molecule has 3 rings (SSSR count). The minimum Gasteiger partial charge on any atom is -0.479 e. The number of hydrogen-bond acceptors (Lipinski definition) is 5. The predicted molar refractivity (Wildman–Crippen MR) is 123 cm³/mol. The van der Waals surface area contributed by atoms with E-state index >= 15 is 0 Å². The Bertz CT molecular complexity index is 960. The second kappa shape index (κ2) is 11.0. The molecule has 2 aromatic rings. The summed E-state index contributed by atoms with van der Waals surface area (Å²) in [5.74, 6) is -1.76. The van der Waals surface area contributed by atoms with Crippen LogP contribution in [0.5, 0.6) is 0 Å². The highest BCUT2D eigenvalue weighted by Crippen LogP contribution is 2.44. The average molecular weight is 455 g/mol. The maximum absolute atomic E-state index is 12.6. The Morgan fingerprint density at radius 1 is 1.00 bits per heavy atom. The molecule has 4 N–H and O–H groups in total. The maximum Gasteiger partial charge on any atom is 0.407 e. The van der Waals surface area contributed by atoms with Gasteiger partial charge < -0.3 is 25.6 Å². The van der Waals surface area contributed by atoms with E-state index < -0.39 is 30.1 Å².